The van der Waals surface area contributed by atoms with Crippen molar-refractivity contribution in [2.24, 2.45) is 10.4 Å². The summed E-state index contributed by atoms with van der Waals surface area (Å²) < 4.78 is 0. The molecule has 0 spiro atoms. The summed E-state index contributed by atoms with van der Waals surface area (Å²) in [5, 5.41) is 10.2. The zero-order valence-corrected chi connectivity index (χ0v) is 18.2. The zero-order chi connectivity index (χ0) is 16.2. The van der Waals surface area contributed by atoms with E-state index in [4.69, 9.17) is 4.98 Å². The number of halogens is 1. The lowest BCUT2D eigenvalue weighted by molar-refractivity contribution is 0.131. The first-order valence-electron chi connectivity index (χ1n) is 8.28. The van der Waals surface area contributed by atoms with Crippen LogP contribution < -0.4 is 10.6 Å². The van der Waals surface area contributed by atoms with Crippen LogP contribution in [0.1, 0.15) is 64.1 Å². The summed E-state index contributed by atoms with van der Waals surface area (Å²) in [6, 6.07) is 0. The molecule has 1 aliphatic carbocycles. The normalized spacial score (nSPS) is 17.2. The average molecular weight is 450 g/mol. The summed E-state index contributed by atoms with van der Waals surface area (Å²) in [4.78, 5) is 9.04. The van der Waals surface area contributed by atoms with Gasteiger partial charge in [-0.25, -0.2) is 4.98 Å². The van der Waals surface area contributed by atoms with Crippen molar-refractivity contribution in [3.05, 3.63) is 16.1 Å². The third-order valence-electron chi connectivity index (χ3n) is 4.65. The summed E-state index contributed by atoms with van der Waals surface area (Å²) in [5.41, 5.74) is 1.71. The highest BCUT2D eigenvalue weighted by Crippen LogP contribution is 2.42. The fraction of sp³-hybridized carbons (Fsp3) is 0.765. The van der Waals surface area contributed by atoms with Crippen LogP contribution in [0.2, 0.25) is 0 Å². The SMILES string of the molecule is CCC1(CNC(=NC)NCc2csc(C(C)(C)C)n2)CCC1.I. The Balaban J connectivity index is 0.00000264. The second kappa shape index (κ2) is 8.65. The second-order valence-corrected chi connectivity index (χ2v) is 8.24. The Kier molecular flexibility index (Phi) is 7.77. The molecular formula is C17H31IN4S. The number of hydrogen-bond acceptors (Lipinski definition) is 3. The quantitative estimate of drug-likeness (QED) is 0.400. The Hall–Kier alpha value is -0.370. The molecular weight excluding hydrogens is 419 g/mol. The van der Waals surface area contributed by atoms with E-state index in [0.717, 1.165) is 24.7 Å². The highest BCUT2D eigenvalue weighted by Gasteiger charge is 2.34. The number of nitrogens with zero attached hydrogens (tertiary/aromatic N) is 2. The third-order valence-corrected chi connectivity index (χ3v) is 5.97. The molecule has 1 aromatic rings. The Morgan fingerprint density at radius 1 is 1.35 bits per heavy atom. The van der Waals surface area contributed by atoms with Crippen LogP contribution in [-0.4, -0.2) is 24.5 Å². The second-order valence-electron chi connectivity index (χ2n) is 7.38. The molecule has 1 heterocycles. The molecule has 132 valence electrons. The van der Waals surface area contributed by atoms with Crippen LogP contribution in [0.5, 0.6) is 0 Å². The van der Waals surface area contributed by atoms with Crippen molar-refractivity contribution in [1.29, 1.82) is 0 Å². The Morgan fingerprint density at radius 2 is 2.04 bits per heavy atom. The van der Waals surface area contributed by atoms with Gasteiger partial charge in [0.2, 0.25) is 0 Å². The monoisotopic (exact) mass is 450 g/mol. The van der Waals surface area contributed by atoms with Gasteiger partial charge in [-0.15, -0.1) is 35.3 Å². The van der Waals surface area contributed by atoms with Crippen LogP contribution in [-0.2, 0) is 12.0 Å². The van der Waals surface area contributed by atoms with E-state index in [-0.39, 0.29) is 29.4 Å². The van der Waals surface area contributed by atoms with Gasteiger partial charge in [-0.2, -0.15) is 0 Å². The molecule has 0 radical (unpaired) electrons. The van der Waals surface area contributed by atoms with Crippen molar-refractivity contribution in [3.63, 3.8) is 0 Å². The number of thiazole rings is 1. The molecule has 1 fully saturated rings. The fourth-order valence-corrected chi connectivity index (χ4v) is 3.64. The summed E-state index contributed by atoms with van der Waals surface area (Å²) >= 11 is 1.74. The highest BCUT2D eigenvalue weighted by atomic mass is 127. The molecule has 23 heavy (non-hydrogen) atoms. The van der Waals surface area contributed by atoms with Crippen LogP contribution >= 0.6 is 35.3 Å². The highest BCUT2D eigenvalue weighted by molar-refractivity contribution is 14.0. The summed E-state index contributed by atoms with van der Waals surface area (Å²) in [6.07, 6.45) is 5.30. The molecule has 2 N–H and O–H groups in total. The first kappa shape index (κ1) is 20.7. The van der Waals surface area contributed by atoms with Gasteiger partial charge in [-0.3, -0.25) is 4.99 Å². The lowest BCUT2D eigenvalue weighted by Gasteiger charge is -2.41. The van der Waals surface area contributed by atoms with Crippen LogP contribution in [0.4, 0.5) is 0 Å². The molecule has 1 aliphatic rings. The zero-order valence-electron chi connectivity index (χ0n) is 15.0. The third kappa shape index (κ3) is 5.59. The molecule has 1 aromatic heterocycles. The molecule has 6 heteroatoms. The van der Waals surface area contributed by atoms with E-state index < -0.39 is 0 Å². The van der Waals surface area contributed by atoms with Gasteiger partial charge in [0.05, 0.1) is 17.2 Å². The predicted molar refractivity (Wildman–Crippen MR) is 111 cm³/mol. The van der Waals surface area contributed by atoms with Crippen LogP contribution in [0, 0.1) is 5.41 Å². The maximum atomic E-state index is 4.71. The van der Waals surface area contributed by atoms with Crippen molar-refractivity contribution in [2.45, 2.75) is 65.3 Å². The minimum absolute atomic E-state index is 0. The van der Waals surface area contributed by atoms with Crippen molar-refractivity contribution in [1.82, 2.24) is 15.6 Å². The molecule has 0 unspecified atom stereocenters. The molecule has 0 aliphatic heterocycles. The predicted octanol–water partition coefficient (Wildman–Crippen LogP) is 4.30. The van der Waals surface area contributed by atoms with Gasteiger partial charge in [-0.1, -0.05) is 34.1 Å². The van der Waals surface area contributed by atoms with Crippen LogP contribution in [0.15, 0.2) is 10.4 Å². The van der Waals surface area contributed by atoms with Gasteiger partial charge >= 0.3 is 0 Å². The van der Waals surface area contributed by atoms with Gasteiger partial charge < -0.3 is 10.6 Å². The van der Waals surface area contributed by atoms with Gasteiger partial charge in [-0.05, 0) is 24.7 Å². The summed E-state index contributed by atoms with van der Waals surface area (Å²) in [6.45, 7) is 10.6. The minimum Gasteiger partial charge on any atom is -0.356 e. The average Bonchev–Trinajstić information content (AvgIpc) is 2.90. The number of aliphatic imine (C=N–C) groups is 1. The van der Waals surface area contributed by atoms with E-state index in [9.17, 15) is 0 Å². The molecule has 0 saturated heterocycles. The molecule has 0 aromatic carbocycles. The topological polar surface area (TPSA) is 49.3 Å². The van der Waals surface area contributed by atoms with Crippen molar-refractivity contribution >= 4 is 41.3 Å². The molecule has 4 nitrogen and oxygen atoms in total. The van der Waals surface area contributed by atoms with Crippen LogP contribution in [0.25, 0.3) is 0 Å². The van der Waals surface area contributed by atoms with Gasteiger partial charge in [0.25, 0.3) is 0 Å². The van der Waals surface area contributed by atoms with E-state index in [1.807, 2.05) is 7.05 Å². The summed E-state index contributed by atoms with van der Waals surface area (Å²) in [5.74, 6) is 0.880. The molecule has 2 rings (SSSR count). The standard InChI is InChI=1S/C17H30N4S.HI/c1-6-17(8-7-9-17)12-20-15(18-5)19-10-13-11-22-14(21-13)16(2,3)4;/h11H,6-10,12H2,1-5H3,(H2,18,19,20);1H. The fourth-order valence-electron chi connectivity index (χ4n) is 2.73. The van der Waals surface area contributed by atoms with Crippen molar-refractivity contribution < 1.29 is 0 Å². The maximum Gasteiger partial charge on any atom is 0.191 e. The Morgan fingerprint density at radius 3 is 2.48 bits per heavy atom. The Bertz CT molecular complexity index is 509. The number of rotatable bonds is 5. The van der Waals surface area contributed by atoms with Crippen molar-refractivity contribution in [2.75, 3.05) is 13.6 Å². The first-order chi connectivity index (χ1) is 10.4. The van der Waals surface area contributed by atoms with E-state index in [1.165, 1.54) is 30.7 Å². The van der Waals surface area contributed by atoms with Crippen molar-refractivity contribution in [3.8, 4) is 0 Å². The van der Waals surface area contributed by atoms with E-state index in [2.05, 4.69) is 48.7 Å². The maximum absolute atomic E-state index is 4.71. The lowest BCUT2D eigenvalue weighted by atomic mass is 9.67. The smallest absolute Gasteiger partial charge is 0.191 e. The van der Waals surface area contributed by atoms with E-state index in [0.29, 0.717) is 5.41 Å². The minimum atomic E-state index is 0. The number of aromatic nitrogens is 1. The number of hydrogen-bond donors (Lipinski definition) is 2. The first-order valence-corrected chi connectivity index (χ1v) is 9.16. The molecule has 0 atom stereocenters. The molecule has 0 bridgehead atoms. The van der Waals surface area contributed by atoms with Gasteiger partial charge in [0, 0.05) is 24.4 Å². The Labute approximate surface area is 162 Å². The van der Waals surface area contributed by atoms with Gasteiger partial charge in [0.15, 0.2) is 5.96 Å². The molecule has 1 saturated carbocycles. The number of guanidine groups is 1. The van der Waals surface area contributed by atoms with E-state index >= 15 is 0 Å². The number of nitrogens with one attached hydrogen (secondary N) is 2. The van der Waals surface area contributed by atoms with E-state index in [1.54, 1.807) is 11.3 Å². The summed E-state index contributed by atoms with van der Waals surface area (Å²) in [7, 11) is 1.83. The van der Waals surface area contributed by atoms with Gasteiger partial charge in [0.1, 0.15) is 0 Å². The molecule has 0 amide bonds. The largest absolute Gasteiger partial charge is 0.356 e. The van der Waals surface area contributed by atoms with Crippen LogP contribution in [0.3, 0.4) is 0 Å². The lowest BCUT2D eigenvalue weighted by Crippen LogP contribution is -2.46.